The molecule has 2 aromatic carbocycles. The molecule has 0 radical (unpaired) electrons. The molecule has 2 rings (SSSR count). The third-order valence-corrected chi connectivity index (χ3v) is 2.97. The summed E-state index contributed by atoms with van der Waals surface area (Å²) in [5.41, 5.74) is -1.20. The van der Waals surface area contributed by atoms with Crippen molar-refractivity contribution in [2.75, 3.05) is 0 Å². The van der Waals surface area contributed by atoms with Crippen molar-refractivity contribution in [3.8, 4) is 0 Å². The van der Waals surface area contributed by atoms with Crippen molar-refractivity contribution < 1.29 is 26.3 Å². The summed E-state index contributed by atoms with van der Waals surface area (Å²) in [7, 11) is -0.588. The van der Waals surface area contributed by atoms with Gasteiger partial charge >= 0.3 is 0 Å². The molecule has 0 heterocycles. The van der Waals surface area contributed by atoms with Gasteiger partial charge < -0.3 is 0 Å². The standard InChI is InChI=1S/C13H7BF6/c1-5-11(8(16)4-10(18)12(5)19)14-7-2-6(15)3-9(17)13(7)20/h2-4,14H,1H3. The molecule has 7 heteroatoms. The monoisotopic (exact) mass is 288 g/mol. The van der Waals surface area contributed by atoms with Crippen LogP contribution in [0.4, 0.5) is 26.3 Å². The van der Waals surface area contributed by atoms with Crippen LogP contribution in [-0.4, -0.2) is 7.28 Å². The van der Waals surface area contributed by atoms with E-state index in [-0.39, 0.29) is 11.0 Å². The van der Waals surface area contributed by atoms with Crippen molar-refractivity contribution in [1.82, 2.24) is 0 Å². The van der Waals surface area contributed by atoms with Crippen LogP contribution < -0.4 is 10.9 Å². The van der Waals surface area contributed by atoms with Crippen LogP contribution in [0.5, 0.6) is 0 Å². The Labute approximate surface area is 111 Å². The number of rotatable bonds is 2. The summed E-state index contributed by atoms with van der Waals surface area (Å²) in [6, 6.07) is 1.33. The molecule has 104 valence electrons. The molecule has 0 saturated carbocycles. The van der Waals surface area contributed by atoms with E-state index in [4.69, 9.17) is 0 Å². The molecule has 0 atom stereocenters. The van der Waals surface area contributed by atoms with Crippen molar-refractivity contribution in [3.63, 3.8) is 0 Å². The van der Waals surface area contributed by atoms with Gasteiger partial charge in [-0.05, 0) is 29.5 Å². The van der Waals surface area contributed by atoms with Gasteiger partial charge in [0.1, 0.15) is 11.6 Å². The molecule has 0 spiro atoms. The van der Waals surface area contributed by atoms with E-state index in [2.05, 4.69) is 0 Å². The second-order valence-corrected chi connectivity index (χ2v) is 4.30. The van der Waals surface area contributed by atoms with E-state index >= 15 is 0 Å². The number of hydrogen-bond donors (Lipinski definition) is 0. The maximum Gasteiger partial charge on any atom is 0.200 e. The van der Waals surface area contributed by atoms with E-state index in [1.54, 1.807) is 0 Å². The summed E-state index contributed by atoms with van der Waals surface area (Å²) >= 11 is 0. The normalized spacial score (nSPS) is 10.8. The topological polar surface area (TPSA) is 0 Å². The van der Waals surface area contributed by atoms with Crippen LogP contribution in [0.1, 0.15) is 5.56 Å². The Morgan fingerprint density at radius 2 is 1.35 bits per heavy atom. The Hall–Kier alpha value is -1.92. The maximum atomic E-state index is 13.6. The molecule has 0 aliphatic heterocycles. The molecule has 0 nitrogen and oxygen atoms in total. The summed E-state index contributed by atoms with van der Waals surface area (Å²) in [6.07, 6.45) is 0. The molecule has 0 aliphatic carbocycles. The highest BCUT2D eigenvalue weighted by Gasteiger charge is 2.20. The number of benzene rings is 2. The molecule has 0 bridgehead atoms. The van der Waals surface area contributed by atoms with Crippen molar-refractivity contribution in [3.05, 3.63) is 58.7 Å². The SMILES string of the molecule is Cc1c(F)c(F)cc(F)c1Bc1cc(F)cc(F)c1F. The van der Waals surface area contributed by atoms with E-state index in [1.807, 2.05) is 0 Å². The lowest BCUT2D eigenvalue weighted by atomic mass is 9.62. The van der Waals surface area contributed by atoms with Gasteiger partial charge in [0.05, 0.1) is 0 Å². The van der Waals surface area contributed by atoms with Crippen LogP contribution in [-0.2, 0) is 0 Å². The van der Waals surface area contributed by atoms with Crippen molar-refractivity contribution in [2.24, 2.45) is 0 Å². The van der Waals surface area contributed by atoms with Gasteiger partial charge in [0.15, 0.2) is 23.3 Å². The Morgan fingerprint density at radius 1 is 0.750 bits per heavy atom. The van der Waals surface area contributed by atoms with Crippen molar-refractivity contribution >= 4 is 18.2 Å². The van der Waals surface area contributed by atoms with E-state index in [0.29, 0.717) is 18.2 Å². The lowest BCUT2D eigenvalue weighted by Gasteiger charge is -2.09. The van der Waals surface area contributed by atoms with Gasteiger partial charge in [0, 0.05) is 12.1 Å². The largest absolute Gasteiger partial charge is 0.207 e. The second-order valence-electron chi connectivity index (χ2n) is 4.30. The van der Waals surface area contributed by atoms with Gasteiger partial charge in [-0.1, -0.05) is 0 Å². The first-order chi connectivity index (χ1) is 9.31. The maximum absolute atomic E-state index is 13.6. The van der Waals surface area contributed by atoms with E-state index in [9.17, 15) is 26.3 Å². The van der Waals surface area contributed by atoms with Crippen molar-refractivity contribution in [1.29, 1.82) is 0 Å². The molecule has 0 amide bonds. The fourth-order valence-electron chi connectivity index (χ4n) is 1.90. The van der Waals surface area contributed by atoms with Crippen LogP contribution in [0.25, 0.3) is 0 Å². The van der Waals surface area contributed by atoms with Crippen LogP contribution in [0.3, 0.4) is 0 Å². The first kappa shape index (κ1) is 14.5. The summed E-state index contributed by atoms with van der Waals surface area (Å²) in [5, 5.41) is 0. The zero-order valence-electron chi connectivity index (χ0n) is 10.2. The van der Waals surface area contributed by atoms with E-state index < -0.39 is 47.6 Å². The Morgan fingerprint density at radius 3 is 2.00 bits per heavy atom. The number of halogens is 6. The van der Waals surface area contributed by atoms with E-state index in [0.717, 1.165) is 6.92 Å². The molecular formula is C13H7BF6. The highest BCUT2D eigenvalue weighted by atomic mass is 19.2. The summed E-state index contributed by atoms with van der Waals surface area (Å²) in [6.45, 7) is 1.10. The minimum Gasteiger partial charge on any atom is -0.207 e. The minimum atomic E-state index is -1.43. The molecule has 2 aromatic rings. The highest BCUT2D eigenvalue weighted by molar-refractivity contribution is 6.67. The fourth-order valence-corrected chi connectivity index (χ4v) is 1.90. The van der Waals surface area contributed by atoms with Crippen LogP contribution in [0, 0.1) is 41.8 Å². The smallest absolute Gasteiger partial charge is 0.200 e. The predicted octanol–water partition coefficient (Wildman–Crippen LogP) is 2.22. The Bertz CT molecular complexity index is 683. The van der Waals surface area contributed by atoms with Gasteiger partial charge in [-0.25, -0.2) is 26.3 Å². The molecule has 20 heavy (non-hydrogen) atoms. The summed E-state index contributed by atoms with van der Waals surface area (Å²) < 4.78 is 79.4. The Kier molecular flexibility index (Phi) is 3.79. The van der Waals surface area contributed by atoms with E-state index in [1.165, 1.54) is 0 Å². The third-order valence-electron chi connectivity index (χ3n) is 2.97. The van der Waals surface area contributed by atoms with Gasteiger partial charge in [0.25, 0.3) is 0 Å². The fraction of sp³-hybridized carbons (Fsp3) is 0.0769. The van der Waals surface area contributed by atoms with Gasteiger partial charge in [-0.3, -0.25) is 0 Å². The zero-order valence-corrected chi connectivity index (χ0v) is 10.2. The molecule has 0 fully saturated rings. The van der Waals surface area contributed by atoms with Gasteiger partial charge in [0.2, 0.25) is 7.28 Å². The average Bonchev–Trinajstić information content (AvgIpc) is 2.37. The van der Waals surface area contributed by atoms with Crippen molar-refractivity contribution in [2.45, 2.75) is 6.92 Å². The molecule has 0 unspecified atom stereocenters. The molecule has 0 aliphatic rings. The summed E-state index contributed by atoms with van der Waals surface area (Å²) in [4.78, 5) is 0. The lowest BCUT2D eigenvalue weighted by molar-refractivity contribution is 0.492. The van der Waals surface area contributed by atoms with Crippen LogP contribution in [0.15, 0.2) is 18.2 Å². The first-order valence-corrected chi connectivity index (χ1v) is 5.57. The number of hydrogen-bond acceptors (Lipinski definition) is 0. The zero-order chi connectivity index (χ0) is 15.0. The van der Waals surface area contributed by atoms with Gasteiger partial charge in [-0.15, -0.1) is 0 Å². The predicted molar refractivity (Wildman–Crippen MR) is 63.8 cm³/mol. The van der Waals surface area contributed by atoms with Gasteiger partial charge in [-0.2, -0.15) is 0 Å². The lowest BCUT2D eigenvalue weighted by Crippen LogP contribution is -2.35. The molecular weight excluding hydrogens is 281 g/mol. The quantitative estimate of drug-likeness (QED) is 0.451. The molecule has 0 saturated heterocycles. The highest BCUT2D eigenvalue weighted by Crippen LogP contribution is 2.12. The Balaban J connectivity index is 2.54. The first-order valence-electron chi connectivity index (χ1n) is 5.57. The molecule has 0 aromatic heterocycles. The minimum absolute atomic E-state index is 0.311. The second kappa shape index (κ2) is 5.23. The van der Waals surface area contributed by atoms with Crippen LogP contribution in [0.2, 0.25) is 0 Å². The average molecular weight is 288 g/mol. The van der Waals surface area contributed by atoms with Crippen LogP contribution >= 0.6 is 0 Å². The summed E-state index contributed by atoms with van der Waals surface area (Å²) in [5.74, 6) is -7.59. The molecule has 0 N–H and O–H groups in total. The third kappa shape index (κ3) is 2.52.